The molecule has 14 nitrogen and oxygen atoms in total. The van der Waals surface area contributed by atoms with Crippen LogP contribution in [0.25, 0.3) is 0 Å². The first-order valence-corrected chi connectivity index (χ1v) is 17.7. The molecule has 1 rings (SSSR count). The Morgan fingerprint density at radius 2 is 0.583 bits per heavy atom. The molecule has 15 heteroatoms. The summed E-state index contributed by atoms with van der Waals surface area (Å²) < 4.78 is 70.9. The fraction of sp³-hybridized carbons (Fsp3) is 0.788. The highest BCUT2D eigenvalue weighted by molar-refractivity contribution is 9.09. The Hall–Kier alpha value is -1.31. The molecule has 48 heavy (non-hydrogen) atoms. The molecule has 0 aromatic heterocycles. The topological polar surface area (TPSA) is 137 Å². The number of benzene rings is 1. The molecular weight excluding hydrogens is 700 g/mol. The van der Waals surface area contributed by atoms with Gasteiger partial charge in [0.15, 0.2) is 0 Å². The van der Waals surface area contributed by atoms with Gasteiger partial charge in [-0.3, -0.25) is 4.79 Å². The van der Waals surface area contributed by atoms with Crippen LogP contribution in [-0.4, -0.2) is 177 Å². The molecular formula is C33H57BrO14. The molecule has 0 fully saturated rings. The Morgan fingerprint density at radius 3 is 0.812 bits per heavy atom. The highest BCUT2D eigenvalue weighted by Gasteiger charge is 1.98. The molecule has 0 unspecified atom stereocenters. The van der Waals surface area contributed by atoms with Crippen molar-refractivity contribution in [2.24, 2.45) is 0 Å². The maximum absolute atomic E-state index is 10.6. The van der Waals surface area contributed by atoms with Gasteiger partial charge >= 0.3 is 0 Å². The van der Waals surface area contributed by atoms with Crippen molar-refractivity contribution in [1.29, 1.82) is 0 Å². The number of ether oxygens (including phenoxy) is 13. The van der Waals surface area contributed by atoms with Crippen molar-refractivity contribution in [3.63, 3.8) is 0 Å². The molecule has 0 heterocycles. The van der Waals surface area contributed by atoms with E-state index in [4.69, 9.17) is 61.6 Å². The third-order valence-electron chi connectivity index (χ3n) is 5.83. The predicted octanol–water partition coefficient (Wildman–Crippen LogP) is 2.47. The SMILES string of the molecule is O=Cc1ccc(OCCOCCOCCOCCOCCOCCOCCOCCOCCOCCOCCOCCOCCBr)cc1. The molecule has 0 saturated heterocycles. The molecule has 0 amide bonds. The monoisotopic (exact) mass is 756 g/mol. The predicted molar refractivity (Wildman–Crippen MR) is 181 cm³/mol. The summed E-state index contributed by atoms with van der Waals surface area (Å²) in [7, 11) is 0. The van der Waals surface area contributed by atoms with Crippen molar-refractivity contribution in [2.45, 2.75) is 0 Å². The molecule has 0 aliphatic carbocycles. The van der Waals surface area contributed by atoms with Gasteiger partial charge in [0.25, 0.3) is 0 Å². The van der Waals surface area contributed by atoms with Crippen LogP contribution in [0.3, 0.4) is 0 Å². The second-order valence-electron chi connectivity index (χ2n) is 9.57. The highest BCUT2D eigenvalue weighted by Crippen LogP contribution is 2.10. The summed E-state index contributed by atoms with van der Waals surface area (Å²) in [5.74, 6) is 0.703. The molecule has 0 N–H and O–H groups in total. The lowest BCUT2D eigenvalue weighted by atomic mass is 10.2. The van der Waals surface area contributed by atoms with Crippen LogP contribution in [0.4, 0.5) is 0 Å². The van der Waals surface area contributed by atoms with Crippen LogP contribution < -0.4 is 4.74 Å². The Bertz CT molecular complexity index is 777. The number of hydrogen-bond donors (Lipinski definition) is 0. The van der Waals surface area contributed by atoms with Gasteiger partial charge in [-0.1, -0.05) is 15.9 Å². The molecule has 0 atom stereocenters. The third-order valence-corrected chi connectivity index (χ3v) is 6.15. The number of rotatable bonds is 40. The summed E-state index contributed by atoms with van der Waals surface area (Å²) >= 11 is 3.30. The molecule has 0 radical (unpaired) electrons. The van der Waals surface area contributed by atoms with Crippen LogP contribution in [0.1, 0.15) is 10.4 Å². The minimum atomic E-state index is 0.430. The van der Waals surface area contributed by atoms with Gasteiger partial charge in [-0.2, -0.15) is 0 Å². The van der Waals surface area contributed by atoms with Crippen LogP contribution in [0.2, 0.25) is 0 Å². The van der Waals surface area contributed by atoms with Gasteiger partial charge in [0.2, 0.25) is 0 Å². The van der Waals surface area contributed by atoms with Crippen molar-refractivity contribution in [1.82, 2.24) is 0 Å². The van der Waals surface area contributed by atoms with Crippen molar-refractivity contribution in [2.75, 3.05) is 171 Å². The first kappa shape index (κ1) is 44.7. The second-order valence-corrected chi connectivity index (χ2v) is 10.4. The van der Waals surface area contributed by atoms with E-state index in [1.54, 1.807) is 24.3 Å². The van der Waals surface area contributed by atoms with Gasteiger partial charge < -0.3 is 61.6 Å². The van der Waals surface area contributed by atoms with Gasteiger partial charge in [-0.15, -0.1) is 0 Å². The lowest BCUT2D eigenvalue weighted by molar-refractivity contribution is -0.0284. The maximum atomic E-state index is 10.6. The van der Waals surface area contributed by atoms with Gasteiger partial charge in [0, 0.05) is 10.9 Å². The van der Waals surface area contributed by atoms with E-state index in [0.29, 0.717) is 176 Å². The van der Waals surface area contributed by atoms with Crippen molar-refractivity contribution >= 4 is 22.2 Å². The lowest BCUT2D eigenvalue weighted by Gasteiger charge is -2.09. The second kappa shape index (κ2) is 38.5. The van der Waals surface area contributed by atoms with Crippen LogP contribution in [0.15, 0.2) is 24.3 Å². The normalized spacial score (nSPS) is 11.4. The Balaban J connectivity index is 1.63. The standard InChI is InChI=1S/C33H57BrO14/c34-5-6-36-7-8-37-9-10-38-11-12-39-13-14-40-15-16-41-17-18-42-19-20-43-21-22-44-23-24-45-25-26-46-27-28-47-29-30-48-33-3-1-32(31-35)2-4-33/h1-4,31H,5-30H2. The quantitative estimate of drug-likeness (QED) is 0.0551. The molecule has 280 valence electrons. The first-order chi connectivity index (χ1) is 23.9. The van der Waals surface area contributed by atoms with Crippen LogP contribution >= 0.6 is 15.9 Å². The van der Waals surface area contributed by atoms with Crippen molar-refractivity contribution in [3.05, 3.63) is 29.8 Å². The average Bonchev–Trinajstić information content (AvgIpc) is 3.11. The van der Waals surface area contributed by atoms with E-state index in [-0.39, 0.29) is 0 Å². The molecule has 1 aromatic rings. The lowest BCUT2D eigenvalue weighted by Crippen LogP contribution is -2.15. The van der Waals surface area contributed by atoms with Crippen LogP contribution in [0.5, 0.6) is 5.75 Å². The number of halogens is 1. The zero-order chi connectivity index (χ0) is 34.3. The van der Waals surface area contributed by atoms with E-state index in [1.165, 1.54) is 0 Å². The molecule has 0 aliphatic rings. The van der Waals surface area contributed by atoms with Gasteiger partial charge in [-0.05, 0) is 24.3 Å². The van der Waals surface area contributed by atoms with E-state index >= 15 is 0 Å². The first-order valence-electron chi connectivity index (χ1n) is 16.5. The van der Waals surface area contributed by atoms with Crippen molar-refractivity contribution in [3.8, 4) is 5.75 Å². The summed E-state index contributed by atoms with van der Waals surface area (Å²) in [6.07, 6.45) is 0.798. The highest BCUT2D eigenvalue weighted by atomic mass is 79.9. The molecule has 1 aromatic carbocycles. The summed E-state index contributed by atoms with van der Waals surface area (Å²) in [5, 5.41) is 0.834. The van der Waals surface area contributed by atoms with E-state index in [1.807, 2.05) is 0 Å². The zero-order valence-corrected chi connectivity index (χ0v) is 30.0. The molecule has 0 bridgehead atoms. The Kier molecular flexibility index (Phi) is 35.9. The summed E-state index contributed by atoms with van der Waals surface area (Å²) in [4.78, 5) is 10.6. The largest absolute Gasteiger partial charge is 0.491 e. The van der Waals surface area contributed by atoms with E-state index < -0.39 is 0 Å². The Morgan fingerprint density at radius 1 is 0.354 bits per heavy atom. The van der Waals surface area contributed by atoms with Crippen LogP contribution in [-0.2, 0) is 56.8 Å². The molecule has 0 spiro atoms. The average molecular weight is 758 g/mol. The van der Waals surface area contributed by atoms with Crippen molar-refractivity contribution < 1.29 is 66.4 Å². The van der Waals surface area contributed by atoms with E-state index in [9.17, 15) is 4.79 Å². The van der Waals surface area contributed by atoms with Gasteiger partial charge in [0.1, 0.15) is 18.6 Å². The fourth-order valence-electron chi connectivity index (χ4n) is 3.44. The maximum Gasteiger partial charge on any atom is 0.150 e. The number of carbonyl (C=O) groups excluding carboxylic acids is 1. The number of alkyl halides is 1. The summed E-state index contributed by atoms with van der Waals surface area (Å²) in [5.41, 5.74) is 0.617. The summed E-state index contributed by atoms with van der Waals surface area (Å²) in [6, 6.07) is 6.93. The molecule has 0 saturated carbocycles. The number of aldehydes is 1. The van der Waals surface area contributed by atoms with E-state index in [2.05, 4.69) is 15.9 Å². The zero-order valence-electron chi connectivity index (χ0n) is 28.4. The van der Waals surface area contributed by atoms with Crippen LogP contribution in [0, 0.1) is 0 Å². The number of carbonyl (C=O) groups is 1. The minimum absolute atomic E-state index is 0.430. The van der Waals surface area contributed by atoms with Gasteiger partial charge in [-0.25, -0.2) is 0 Å². The minimum Gasteiger partial charge on any atom is -0.491 e. The Labute approximate surface area is 294 Å². The van der Waals surface area contributed by atoms with E-state index in [0.717, 1.165) is 11.6 Å². The van der Waals surface area contributed by atoms with Gasteiger partial charge in [0.05, 0.1) is 159 Å². The molecule has 0 aliphatic heterocycles. The fourth-order valence-corrected chi connectivity index (χ4v) is 3.67. The summed E-state index contributed by atoms with van der Waals surface area (Å²) in [6.45, 7) is 12.9. The smallest absolute Gasteiger partial charge is 0.150 e. The number of hydrogen-bond acceptors (Lipinski definition) is 14. The third kappa shape index (κ3) is 33.2.